The second-order valence-corrected chi connectivity index (χ2v) is 3.04. The highest BCUT2D eigenvalue weighted by Gasteiger charge is 2.05. The highest BCUT2D eigenvalue weighted by atomic mass is 15.1. The molecule has 0 saturated heterocycles. The maximum Gasteiger partial charge on any atom is 0.0696 e. The summed E-state index contributed by atoms with van der Waals surface area (Å²) in [4.78, 5) is 3.98. The third-order valence-electron chi connectivity index (χ3n) is 2.05. The van der Waals surface area contributed by atoms with Crippen molar-refractivity contribution < 1.29 is 0 Å². The van der Waals surface area contributed by atoms with Crippen molar-refractivity contribution in [3.63, 3.8) is 0 Å². The molecule has 2 rings (SSSR count). The summed E-state index contributed by atoms with van der Waals surface area (Å²) >= 11 is 0. The van der Waals surface area contributed by atoms with E-state index in [0.717, 1.165) is 17.8 Å². The fraction of sp³-hybridized carbons (Fsp3) is 0.200. The van der Waals surface area contributed by atoms with Crippen molar-refractivity contribution in [2.75, 3.05) is 7.05 Å². The van der Waals surface area contributed by atoms with Crippen LogP contribution in [0, 0.1) is 0 Å². The lowest BCUT2D eigenvalue weighted by Crippen LogP contribution is -2.05. The summed E-state index contributed by atoms with van der Waals surface area (Å²) < 4.78 is 0. The Morgan fingerprint density at radius 3 is 2.86 bits per heavy atom. The van der Waals surface area contributed by atoms with Gasteiger partial charge in [-0.05, 0) is 19.2 Å². The van der Waals surface area contributed by atoms with Gasteiger partial charge in [-0.25, -0.2) is 0 Å². The van der Waals surface area contributed by atoms with Crippen LogP contribution in [-0.2, 0) is 6.54 Å². The van der Waals surface area contributed by atoms with Gasteiger partial charge < -0.3 is 5.32 Å². The van der Waals surface area contributed by atoms with Gasteiger partial charge in [0.25, 0.3) is 0 Å². The fourth-order valence-electron chi connectivity index (χ4n) is 1.40. The molecule has 0 amide bonds. The van der Waals surface area contributed by atoms with Crippen LogP contribution in [0.4, 0.5) is 0 Å². The van der Waals surface area contributed by atoms with Gasteiger partial charge in [0, 0.05) is 30.1 Å². The first kappa shape index (κ1) is 8.90. The molecule has 2 aromatic rings. The number of hydrogen-bond donors (Lipinski definition) is 2. The van der Waals surface area contributed by atoms with Crippen molar-refractivity contribution in [1.82, 2.24) is 20.5 Å². The number of nitrogens with zero attached hydrogens (tertiary/aromatic N) is 2. The van der Waals surface area contributed by atoms with Crippen molar-refractivity contribution in [2.45, 2.75) is 6.54 Å². The Bertz CT molecular complexity index is 394. The highest BCUT2D eigenvalue weighted by Crippen LogP contribution is 2.19. The molecular weight excluding hydrogens is 176 g/mol. The van der Waals surface area contributed by atoms with Gasteiger partial charge in [-0.3, -0.25) is 10.1 Å². The molecule has 0 aromatic carbocycles. The lowest BCUT2D eigenvalue weighted by Gasteiger charge is -2.01. The maximum absolute atomic E-state index is 4.03. The molecule has 14 heavy (non-hydrogen) atoms. The summed E-state index contributed by atoms with van der Waals surface area (Å²) in [6, 6.07) is 3.93. The predicted octanol–water partition coefficient (Wildman–Crippen LogP) is 1.19. The molecule has 2 aromatic heterocycles. The van der Waals surface area contributed by atoms with Crippen molar-refractivity contribution in [2.24, 2.45) is 0 Å². The summed E-state index contributed by atoms with van der Waals surface area (Å²) in [7, 11) is 1.92. The summed E-state index contributed by atoms with van der Waals surface area (Å²) in [5.41, 5.74) is 3.34. The third-order valence-corrected chi connectivity index (χ3v) is 2.05. The minimum atomic E-state index is 0.814. The Labute approximate surface area is 82.4 Å². The number of hydrogen-bond acceptors (Lipinski definition) is 3. The summed E-state index contributed by atoms with van der Waals surface area (Å²) in [5.74, 6) is 0. The second kappa shape index (κ2) is 4.02. The molecule has 4 nitrogen and oxygen atoms in total. The van der Waals surface area contributed by atoms with Crippen LogP contribution in [0.1, 0.15) is 5.56 Å². The van der Waals surface area contributed by atoms with E-state index in [-0.39, 0.29) is 0 Å². The first-order valence-electron chi connectivity index (χ1n) is 4.49. The molecule has 72 valence electrons. The van der Waals surface area contributed by atoms with Crippen LogP contribution in [0.5, 0.6) is 0 Å². The average molecular weight is 188 g/mol. The fourth-order valence-corrected chi connectivity index (χ4v) is 1.40. The van der Waals surface area contributed by atoms with Gasteiger partial charge in [0.2, 0.25) is 0 Å². The smallest absolute Gasteiger partial charge is 0.0696 e. The third kappa shape index (κ3) is 1.65. The van der Waals surface area contributed by atoms with Crippen molar-refractivity contribution in [3.05, 3.63) is 36.3 Å². The minimum absolute atomic E-state index is 0.814. The van der Waals surface area contributed by atoms with Gasteiger partial charge in [0.05, 0.1) is 11.9 Å². The number of aromatic amines is 1. The quantitative estimate of drug-likeness (QED) is 0.760. The Morgan fingerprint density at radius 2 is 2.14 bits per heavy atom. The molecule has 2 heterocycles. The van der Waals surface area contributed by atoms with Crippen molar-refractivity contribution >= 4 is 0 Å². The number of nitrogens with one attached hydrogen (secondary N) is 2. The van der Waals surface area contributed by atoms with E-state index in [2.05, 4.69) is 20.5 Å². The second-order valence-electron chi connectivity index (χ2n) is 3.04. The summed E-state index contributed by atoms with van der Waals surface area (Å²) in [6.45, 7) is 0.814. The number of aromatic nitrogens is 3. The Morgan fingerprint density at radius 1 is 1.36 bits per heavy atom. The zero-order valence-corrected chi connectivity index (χ0v) is 7.99. The van der Waals surface area contributed by atoms with Crippen LogP contribution in [0.15, 0.2) is 30.7 Å². The lowest BCUT2D eigenvalue weighted by atomic mass is 10.1. The Kier molecular flexibility index (Phi) is 2.55. The molecule has 0 aliphatic heterocycles. The predicted molar refractivity (Wildman–Crippen MR) is 54.6 cm³/mol. The molecule has 0 aliphatic carbocycles. The van der Waals surface area contributed by atoms with Crippen LogP contribution < -0.4 is 5.32 Å². The molecule has 4 heteroatoms. The molecule has 0 radical (unpaired) electrons. The zero-order valence-electron chi connectivity index (χ0n) is 7.99. The first-order chi connectivity index (χ1) is 6.92. The zero-order chi connectivity index (χ0) is 9.80. The number of pyridine rings is 1. The summed E-state index contributed by atoms with van der Waals surface area (Å²) in [6.07, 6.45) is 5.39. The van der Waals surface area contributed by atoms with Gasteiger partial charge in [0.15, 0.2) is 0 Å². The van der Waals surface area contributed by atoms with E-state index >= 15 is 0 Å². The minimum Gasteiger partial charge on any atom is -0.316 e. The molecule has 0 fully saturated rings. The van der Waals surface area contributed by atoms with Crippen LogP contribution in [0.3, 0.4) is 0 Å². The molecule has 0 atom stereocenters. The Hall–Kier alpha value is -1.68. The van der Waals surface area contributed by atoms with Crippen LogP contribution in [-0.4, -0.2) is 22.2 Å². The van der Waals surface area contributed by atoms with E-state index in [1.54, 1.807) is 12.4 Å². The van der Waals surface area contributed by atoms with Crippen molar-refractivity contribution in [3.8, 4) is 11.3 Å². The largest absolute Gasteiger partial charge is 0.316 e. The van der Waals surface area contributed by atoms with Crippen molar-refractivity contribution in [1.29, 1.82) is 0 Å². The van der Waals surface area contributed by atoms with Gasteiger partial charge in [-0.15, -0.1) is 0 Å². The Balaban J connectivity index is 2.37. The lowest BCUT2D eigenvalue weighted by molar-refractivity contribution is 0.820. The summed E-state index contributed by atoms with van der Waals surface area (Å²) in [5, 5.41) is 10.1. The normalized spacial score (nSPS) is 10.4. The SMILES string of the molecule is CNCc1cn[nH]c1-c1ccncc1. The monoisotopic (exact) mass is 188 g/mol. The van der Waals surface area contributed by atoms with Gasteiger partial charge in [-0.2, -0.15) is 5.10 Å². The molecule has 2 N–H and O–H groups in total. The van der Waals surface area contributed by atoms with Gasteiger partial charge in [-0.1, -0.05) is 0 Å². The topological polar surface area (TPSA) is 53.6 Å². The maximum atomic E-state index is 4.03. The molecule has 0 aliphatic rings. The van der Waals surface area contributed by atoms with E-state index in [0.29, 0.717) is 0 Å². The molecule has 0 saturated carbocycles. The molecule has 0 bridgehead atoms. The van der Waals surface area contributed by atoms with Crippen LogP contribution in [0.2, 0.25) is 0 Å². The van der Waals surface area contributed by atoms with Gasteiger partial charge in [0.1, 0.15) is 0 Å². The average Bonchev–Trinajstić information content (AvgIpc) is 2.68. The van der Waals surface area contributed by atoms with Crippen LogP contribution >= 0.6 is 0 Å². The van der Waals surface area contributed by atoms with E-state index < -0.39 is 0 Å². The molecule has 0 unspecified atom stereocenters. The van der Waals surface area contributed by atoms with E-state index in [1.165, 1.54) is 5.56 Å². The van der Waals surface area contributed by atoms with E-state index in [4.69, 9.17) is 0 Å². The van der Waals surface area contributed by atoms with E-state index in [9.17, 15) is 0 Å². The van der Waals surface area contributed by atoms with Crippen LogP contribution in [0.25, 0.3) is 11.3 Å². The first-order valence-corrected chi connectivity index (χ1v) is 4.49. The number of rotatable bonds is 3. The number of H-pyrrole nitrogens is 1. The molecular formula is C10H12N4. The molecule has 0 spiro atoms. The van der Waals surface area contributed by atoms with Gasteiger partial charge >= 0.3 is 0 Å². The van der Waals surface area contributed by atoms with E-state index in [1.807, 2.05) is 25.4 Å². The standard InChI is InChI=1S/C10H12N4/c1-11-6-9-7-13-14-10(9)8-2-4-12-5-3-8/h2-5,7,11H,6H2,1H3,(H,13,14). The highest BCUT2D eigenvalue weighted by molar-refractivity contribution is 5.61.